The van der Waals surface area contributed by atoms with Gasteiger partial charge in [0, 0.05) is 35.7 Å². The maximum Gasteiger partial charge on any atom is 0.336 e. The van der Waals surface area contributed by atoms with Crippen LogP contribution in [0.5, 0.6) is 23.0 Å². The van der Waals surface area contributed by atoms with Crippen LogP contribution in [0.2, 0.25) is 0 Å². The number of allylic oxidation sites excluding steroid dienone is 3. The van der Waals surface area contributed by atoms with Crippen LogP contribution in [0.15, 0.2) is 89.3 Å². The van der Waals surface area contributed by atoms with E-state index in [-0.39, 0.29) is 30.5 Å². The van der Waals surface area contributed by atoms with Gasteiger partial charge < -0.3 is 29.4 Å². The minimum Gasteiger partial charge on any atom is -0.504 e. The molecule has 1 aliphatic carbocycles. The highest BCUT2D eigenvalue weighted by molar-refractivity contribution is 6.04. The normalized spacial score (nSPS) is 18.2. The average Bonchev–Trinajstić information content (AvgIpc) is 3.00. The summed E-state index contributed by atoms with van der Waals surface area (Å²) < 4.78 is 21.9. The summed E-state index contributed by atoms with van der Waals surface area (Å²) in [6.07, 6.45) is 1.38. The van der Waals surface area contributed by atoms with Gasteiger partial charge in [0.15, 0.2) is 28.8 Å². The summed E-state index contributed by atoms with van der Waals surface area (Å²) >= 11 is 0. The van der Waals surface area contributed by atoms with Gasteiger partial charge in [-0.05, 0) is 60.2 Å². The maximum absolute atomic E-state index is 13.9. The fourth-order valence-corrected chi connectivity index (χ4v) is 5.86. The van der Waals surface area contributed by atoms with Gasteiger partial charge in [-0.25, -0.2) is 4.79 Å². The van der Waals surface area contributed by atoms with Gasteiger partial charge in [0.2, 0.25) is 0 Å². The van der Waals surface area contributed by atoms with Gasteiger partial charge in [0.1, 0.15) is 0 Å². The number of Topliss-reactive ketones (excluding diaryl/α,β-unsaturated/α-hetero) is 1. The van der Waals surface area contributed by atoms with Crippen molar-refractivity contribution in [3.8, 4) is 23.0 Å². The molecule has 2 atom stereocenters. The second kappa shape index (κ2) is 12.4. The van der Waals surface area contributed by atoms with Crippen molar-refractivity contribution >= 4 is 11.8 Å². The molecule has 0 spiro atoms. The standard InChI is InChI=1S/C34H35NO7/c1-20-31(34(38)42-15-14-21-8-6-5-7-9-21)32(23-11-12-28(39-2)26(36)17-23)33-25(35-20)16-24(18-27(33)37)22-10-13-29(40-3)30(19-22)41-4/h5-13,17,19,24,32,35-36H,14-16,18H2,1-4H3/t24-,32-/m1/s1. The van der Waals surface area contributed by atoms with E-state index in [1.54, 1.807) is 32.4 Å². The molecule has 0 unspecified atom stereocenters. The zero-order valence-corrected chi connectivity index (χ0v) is 24.2. The number of ketones is 1. The van der Waals surface area contributed by atoms with Crippen LogP contribution in [0.4, 0.5) is 0 Å². The van der Waals surface area contributed by atoms with E-state index < -0.39 is 11.9 Å². The molecule has 2 N–H and O–H groups in total. The summed E-state index contributed by atoms with van der Waals surface area (Å²) in [5, 5.41) is 14.0. The van der Waals surface area contributed by atoms with Crippen molar-refractivity contribution in [3.05, 3.63) is 106 Å². The first kappa shape index (κ1) is 28.8. The van der Waals surface area contributed by atoms with E-state index in [4.69, 9.17) is 18.9 Å². The molecule has 0 fully saturated rings. The Morgan fingerprint density at radius 3 is 2.26 bits per heavy atom. The Morgan fingerprint density at radius 1 is 0.881 bits per heavy atom. The van der Waals surface area contributed by atoms with E-state index in [0.717, 1.165) is 16.8 Å². The van der Waals surface area contributed by atoms with E-state index in [0.29, 0.717) is 52.5 Å². The first-order chi connectivity index (χ1) is 20.3. The van der Waals surface area contributed by atoms with Gasteiger partial charge in [-0.1, -0.05) is 42.5 Å². The van der Waals surface area contributed by atoms with E-state index in [1.165, 1.54) is 7.11 Å². The Bertz CT molecular complexity index is 1560. The molecule has 0 amide bonds. The van der Waals surface area contributed by atoms with Crippen molar-refractivity contribution in [1.29, 1.82) is 0 Å². The summed E-state index contributed by atoms with van der Waals surface area (Å²) in [5.74, 6) is 0.0645. The highest BCUT2D eigenvalue weighted by Gasteiger charge is 2.41. The Labute approximate surface area is 245 Å². The van der Waals surface area contributed by atoms with Crippen LogP contribution in [0.3, 0.4) is 0 Å². The van der Waals surface area contributed by atoms with Crippen molar-refractivity contribution in [2.45, 2.75) is 38.0 Å². The molecule has 42 heavy (non-hydrogen) atoms. The van der Waals surface area contributed by atoms with Gasteiger partial charge in [0.25, 0.3) is 0 Å². The lowest BCUT2D eigenvalue weighted by Crippen LogP contribution is -2.36. The van der Waals surface area contributed by atoms with Crippen LogP contribution in [0, 0.1) is 0 Å². The van der Waals surface area contributed by atoms with Gasteiger partial charge in [-0.2, -0.15) is 0 Å². The first-order valence-corrected chi connectivity index (χ1v) is 13.9. The molecule has 3 aromatic carbocycles. The number of benzene rings is 3. The minimum absolute atomic E-state index is 0.0726. The van der Waals surface area contributed by atoms with Crippen LogP contribution >= 0.6 is 0 Å². The molecule has 0 saturated carbocycles. The van der Waals surface area contributed by atoms with E-state index >= 15 is 0 Å². The van der Waals surface area contributed by atoms with Gasteiger partial charge in [-0.3, -0.25) is 4.79 Å². The Morgan fingerprint density at radius 2 is 1.57 bits per heavy atom. The highest BCUT2D eigenvalue weighted by atomic mass is 16.5. The van der Waals surface area contributed by atoms with E-state index in [9.17, 15) is 14.7 Å². The summed E-state index contributed by atoms with van der Waals surface area (Å²) in [5.41, 5.74) is 4.85. The summed E-state index contributed by atoms with van der Waals surface area (Å²) in [4.78, 5) is 27.6. The quantitative estimate of drug-likeness (QED) is 0.323. The number of hydrogen-bond acceptors (Lipinski definition) is 8. The van der Waals surface area contributed by atoms with Gasteiger partial charge in [0.05, 0.1) is 33.5 Å². The van der Waals surface area contributed by atoms with Crippen LogP contribution < -0.4 is 19.5 Å². The second-order valence-corrected chi connectivity index (χ2v) is 10.4. The van der Waals surface area contributed by atoms with Crippen molar-refractivity contribution in [1.82, 2.24) is 5.32 Å². The number of nitrogens with one attached hydrogen (secondary N) is 1. The highest BCUT2D eigenvalue weighted by Crippen LogP contribution is 2.47. The molecule has 0 bridgehead atoms. The molecule has 2 aliphatic rings. The lowest BCUT2D eigenvalue weighted by atomic mass is 9.71. The number of phenolic OH excluding ortho intramolecular Hbond substituents is 1. The van der Waals surface area contributed by atoms with Gasteiger partial charge >= 0.3 is 5.97 Å². The molecule has 1 aliphatic heterocycles. The molecular formula is C34H35NO7. The molecule has 8 heteroatoms. The third kappa shape index (κ3) is 5.70. The SMILES string of the molecule is COc1ccc([C@@H]2C(C(=O)OCCc3ccccc3)=C(C)NC3=C2C(=O)C[C@H](c2ccc(OC)c(OC)c2)C3)cc1O. The summed E-state index contributed by atoms with van der Waals surface area (Å²) in [6, 6.07) is 20.5. The van der Waals surface area contributed by atoms with Crippen molar-refractivity contribution in [3.63, 3.8) is 0 Å². The molecule has 5 rings (SSSR count). The minimum atomic E-state index is -0.707. The summed E-state index contributed by atoms with van der Waals surface area (Å²) in [7, 11) is 4.64. The number of phenols is 1. The molecule has 1 heterocycles. The molecule has 0 radical (unpaired) electrons. The molecule has 3 aromatic rings. The van der Waals surface area contributed by atoms with Crippen molar-refractivity contribution in [2.75, 3.05) is 27.9 Å². The number of carbonyl (C=O) groups excluding carboxylic acids is 2. The van der Waals surface area contributed by atoms with Gasteiger partial charge in [-0.15, -0.1) is 0 Å². The third-order valence-corrected chi connectivity index (χ3v) is 7.93. The Kier molecular flexibility index (Phi) is 8.52. The topological polar surface area (TPSA) is 103 Å². The number of esters is 1. The maximum atomic E-state index is 13.9. The molecule has 0 saturated heterocycles. The zero-order chi connectivity index (χ0) is 29.8. The smallest absolute Gasteiger partial charge is 0.336 e. The Hall–Kier alpha value is -4.72. The molecule has 0 aromatic heterocycles. The molecule has 8 nitrogen and oxygen atoms in total. The van der Waals surface area contributed by atoms with E-state index in [2.05, 4.69) is 5.32 Å². The number of aromatic hydroxyl groups is 1. The fraction of sp³-hybridized carbons (Fsp3) is 0.294. The van der Waals surface area contributed by atoms with Crippen LogP contribution in [0.1, 0.15) is 48.3 Å². The monoisotopic (exact) mass is 569 g/mol. The van der Waals surface area contributed by atoms with Crippen LogP contribution in [0.25, 0.3) is 0 Å². The first-order valence-electron chi connectivity index (χ1n) is 13.9. The fourth-order valence-electron chi connectivity index (χ4n) is 5.86. The zero-order valence-electron chi connectivity index (χ0n) is 24.2. The second-order valence-electron chi connectivity index (χ2n) is 10.4. The predicted octanol–water partition coefficient (Wildman–Crippen LogP) is 5.57. The van der Waals surface area contributed by atoms with E-state index in [1.807, 2.05) is 55.5 Å². The number of ether oxygens (including phenoxy) is 4. The lowest BCUT2D eigenvalue weighted by Gasteiger charge is -2.37. The molecular weight excluding hydrogens is 534 g/mol. The predicted molar refractivity (Wildman–Crippen MR) is 158 cm³/mol. The van der Waals surface area contributed by atoms with Crippen molar-refractivity contribution < 1.29 is 33.6 Å². The molecule has 218 valence electrons. The number of dihydropyridines is 1. The van der Waals surface area contributed by atoms with Crippen LogP contribution in [-0.4, -0.2) is 44.8 Å². The third-order valence-electron chi connectivity index (χ3n) is 7.93. The number of rotatable bonds is 9. The number of methoxy groups -OCH3 is 3. The Balaban J connectivity index is 1.49. The lowest BCUT2D eigenvalue weighted by molar-refractivity contribution is -0.139. The average molecular weight is 570 g/mol. The van der Waals surface area contributed by atoms with Crippen molar-refractivity contribution in [2.24, 2.45) is 0 Å². The van der Waals surface area contributed by atoms with Crippen LogP contribution in [-0.2, 0) is 20.7 Å². The number of hydrogen-bond donors (Lipinski definition) is 2. The number of carbonyl (C=O) groups is 2. The summed E-state index contributed by atoms with van der Waals surface area (Å²) in [6.45, 7) is 2.01. The largest absolute Gasteiger partial charge is 0.504 e.